The molecule has 36 heavy (non-hydrogen) atoms. The number of anilines is 1. The Bertz CT molecular complexity index is 1230. The monoisotopic (exact) mass is 531 g/mol. The van der Waals surface area contributed by atoms with Gasteiger partial charge >= 0.3 is 14.8 Å². The number of fused-ring (bicyclic) bond motifs is 1. The van der Waals surface area contributed by atoms with Gasteiger partial charge in [0, 0.05) is 12.3 Å². The fraction of sp³-hybridized carbons (Fsp3) is 0.476. The first-order chi connectivity index (χ1) is 17.2. The van der Waals surface area contributed by atoms with Crippen molar-refractivity contribution in [3.63, 3.8) is 0 Å². The molecular weight excluding hydrogens is 509 g/mol. The van der Waals surface area contributed by atoms with Crippen molar-refractivity contribution >= 4 is 25.6 Å². The van der Waals surface area contributed by atoms with Gasteiger partial charge in [0.2, 0.25) is 0 Å². The number of ether oxygens (including phenoxy) is 1. The average Bonchev–Trinajstić information content (AvgIpc) is 3.33. The maximum absolute atomic E-state index is 13.7. The molecule has 194 valence electrons. The summed E-state index contributed by atoms with van der Waals surface area (Å²) in [6.07, 6.45) is -2.57. The van der Waals surface area contributed by atoms with Crippen molar-refractivity contribution < 1.29 is 40.9 Å². The van der Waals surface area contributed by atoms with Gasteiger partial charge in [-0.1, -0.05) is 13.0 Å². The zero-order valence-electron chi connectivity index (χ0n) is 18.9. The second-order valence-corrected chi connectivity index (χ2v) is 9.55. The van der Waals surface area contributed by atoms with Crippen LogP contribution in [0.4, 0.5) is 23.4 Å². The third-order valence-electron chi connectivity index (χ3n) is 5.94. The quantitative estimate of drug-likeness (QED) is 0.280. The summed E-state index contributed by atoms with van der Waals surface area (Å²) in [4.78, 5) is 17.5. The van der Waals surface area contributed by atoms with Crippen molar-refractivity contribution in [3.05, 3.63) is 47.8 Å². The predicted octanol–water partition coefficient (Wildman–Crippen LogP) is 4.84. The van der Waals surface area contributed by atoms with Crippen LogP contribution in [0.25, 0.3) is 11.2 Å². The fourth-order valence-corrected chi connectivity index (χ4v) is 5.24. The highest BCUT2D eigenvalue weighted by molar-refractivity contribution is 7.41. The van der Waals surface area contributed by atoms with E-state index in [1.165, 1.54) is 12.4 Å². The summed E-state index contributed by atoms with van der Waals surface area (Å²) >= 11 is 0. The smallest absolute Gasteiger partial charge is 0.382 e. The second kappa shape index (κ2) is 10.1. The first kappa shape index (κ1) is 25.2. The molecule has 5 rings (SSSR count). The summed E-state index contributed by atoms with van der Waals surface area (Å²) in [7, 11) is -2.06. The van der Waals surface area contributed by atoms with Crippen molar-refractivity contribution in [1.82, 2.24) is 19.5 Å². The Morgan fingerprint density at radius 2 is 2.08 bits per heavy atom. The third-order valence-corrected chi connectivity index (χ3v) is 6.95. The molecule has 0 radical (unpaired) electrons. The zero-order valence-corrected chi connectivity index (χ0v) is 19.8. The lowest BCUT2D eigenvalue weighted by Crippen LogP contribution is -2.17. The fourth-order valence-electron chi connectivity index (χ4n) is 4.21. The van der Waals surface area contributed by atoms with Crippen molar-refractivity contribution in [2.75, 3.05) is 18.9 Å². The highest BCUT2D eigenvalue weighted by Crippen LogP contribution is 2.49. The molecule has 0 spiro atoms. The van der Waals surface area contributed by atoms with Crippen LogP contribution < -0.4 is 5.73 Å². The Kier molecular flexibility index (Phi) is 7.07. The van der Waals surface area contributed by atoms with Crippen LogP contribution in [-0.4, -0.2) is 38.8 Å². The van der Waals surface area contributed by atoms with Crippen LogP contribution in [0, 0.1) is 11.7 Å². The number of halogens is 4. The number of hydrogen-bond acceptors (Lipinski definition) is 9. The van der Waals surface area contributed by atoms with Crippen molar-refractivity contribution in [2.45, 2.75) is 44.4 Å². The van der Waals surface area contributed by atoms with Crippen LogP contribution >= 0.6 is 8.60 Å². The predicted molar refractivity (Wildman–Crippen MR) is 117 cm³/mol. The summed E-state index contributed by atoms with van der Waals surface area (Å²) in [5, 5.41) is 0. The molecule has 2 aliphatic heterocycles. The number of nitrogen functional groups attached to an aromatic ring is 1. The minimum Gasteiger partial charge on any atom is -0.382 e. The molecule has 4 heterocycles. The highest BCUT2D eigenvalue weighted by atomic mass is 31.2. The van der Waals surface area contributed by atoms with E-state index in [-0.39, 0.29) is 49.3 Å². The Balaban J connectivity index is 1.23. The van der Waals surface area contributed by atoms with Crippen molar-refractivity contribution in [1.29, 1.82) is 0 Å². The molecule has 0 saturated carbocycles. The van der Waals surface area contributed by atoms with Crippen LogP contribution in [0.3, 0.4) is 0 Å². The van der Waals surface area contributed by atoms with Gasteiger partial charge in [0.05, 0.1) is 37.3 Å². The molecule has 2 fully saturated rings. The van der Waals surface area contributed by atoms with Crippen molar-refractivity contribution in [3.8, 4) is 0 Å². The molecule has 2 aliphatic rings. The van der Waals surface area contributed by atoms with Crippen LogP contribution in [0.1, 0.15) is 43.2 Å². The Hall–Kier alpha value is -2.48. The van der Waals surface area contributed by atoms with E-state index < -0.39 is 32.3 Å². The minimum atomic E-state index is -4.83. The SMILES string of the molecule is CC1CC(COP2OOCCC(c3ccc(F)c(C(F)(F)F)c3)O2)OC1n1cnc2c(N)ncnc21. The molecule has 2 aromatic heterocycles. The van der Waals surface area contributed by atoms with Gasteiger partial charge in [0.15, 0.2) is 11.5 Å². The van der Waals surface area contributed by atoms with E-state index in [1.807, 2.05) is 6.92 Å². The van der Waals surface area contributed by atoms with Crippen LogP contribution in [0.2, 0.25) is 0 Å². The summed E-state index contributed by atoms with van der Waals surface area (Å²) in [5.41, 5.74) is 5.68. The number of rotatable bonds is 5. The lowest BCUT2D eigenvalue weighted by Gasteiger charge is -2.21. The van der Waals surface area contributed by atoms with Crippen LogP contribution in [-0.2, 0) is 29.5 Å². The highest BCUT2D eigenvalue weighted by Gasteiger charge is 2.38. The Morgan fingerprint density at radius 1 is 1.25 bits per heavy atom. The zero-order chi connectivity index (χ0) is 25.4. The van der Waals surface area contributed by atoms with Gasteiger partial charge in [0.25, 0.3) is 0 Å². The molecule has 15 heteroatoms. The van der Waals surface area contributed by atoms with Gasteiger partial charge in [-0.3, -0.25) is 4.57 Å². The molecule has 1 aromatic carbocycles. The normalized spacial score (nSPS) is 27.4. The van der Waals surface area contributed by atoms with E-state index in [0.717, 1.165) is 12.1 Å². The second-order valence-electron chi connectivity index (χ2n) is 8.48. The molecule has 0 amide bonds. The largest absolute Gasteiger partial charge is 0.419 e. The van der Waals surface area contributed by atoms with Gasteiger partial charge < -0.3 is 19.5 Å². The summed E-state index contributed by atoms with van der Waals surface area (Å²) in [5.74, 6) is -1.000. The summed E-state index contributed by atoms with van der Waals surface area (Å²) in [6.45, 7) is 2.16. The first-order valence-electron chi connectivity index (χ1n) is 11.0. The molecule has 5 unspecified atom stereocenters. The number of imidazole rings is 1. The molecule has 0 bridgehead atoms. The number of nitrogens with zero attached hydrogens (tertiary/aromatic N) is 4. The number of benzene rings is 1. The van der Waals surface area contributed by atoms with Crippen LogP contribution in [0.5, 0.6) is 0 Å². The lowest BCUT2D eigenvalue weighted by atomic mass is 10.0. The molecule has 2 N–H and O–H groups in total. The Morgan fingerprint density at radius 3 is 2.89 bits per heavy atom. The van der Waals surface area contributed by atoms with Gasteiger partial charge in [-0.05, 0) is 24.1 Å². The Labute approximate surface area is 203 Å². The number of aromatic nitrogens is 4. The molecule has 10 nitrogen and oxygen atoms in total. The van der Waals surface area contributed by atoms with Crippen LogP contribution in [0.15, 0.2) is 30.9 Å². The van der Waals surface area contributed by atoms with E-state index in [2.05, 4.69) is 15.0 Å². The topological polar surface area (TPSA) is 116 Å². The third kappa shape index (κ3) is 5.15. The maximum atomic E-state index is 13.7. The minimum absolute atomic E-state index is 0.0588. The molecule has 3 aromatic rings. The van der Waals surface area contributed by atoms with Gasteiger partial charge in [-0.15, -0.1) is 0 Å². The van der Waals surface area contributed by atoms with E-state index >= 15 is 0 Å². The van der Waals surface area contributed by atoms with E-state index in [1.54, 1.807) is 10.9 Å². The molecule has 5 atom stereocenters. The molecular formula is C21H22F4N5O5P. The van der Waals surface area contributed by atoms with Gasteiger partial charge in [0.1, 0.15) is 23.9 Å². The number of nitrogens with two attached hydrogens (primary N) is 1. The lowest BCUT2D eigenvalue weighted by molar-refractivity contribution is -0.208. The molecule has 0 aliphatic carbocycles. The van der Waals surface area contributed by atoms with Crippen molar-refractivity contribution in [2.24, 2.45) is 5.92 Å². The molecule has 2 saturated heterocycles. The van der Waals surface area contributed by atoms with E-state index in [0.29, 0.717) is 17.6 Å². The maximum Gasteiger partial charge on any atom is 0.419 e. The number of alkyl halides is 3. The first-order valence-corrected chi connectivity index (χ1v) is 12.1. The summed E-state index contributed by atoms with van der Waals surface area (Å²) < 4.78 is 77.7. The number of hydrogen-bond donors (Lipinski definition) is 1. The summed E-state index contributed by atoms with van der Waals surface area (Å²) in [6, 6.07) is 2.74. The standard InChI is InChI=1S/C21H22F4N5O5P/c1-11-6-13(33-20(11)30-10-29-17-18(26)27-9-28-19(17)30)8-32-36-34-16(4-5-31-35-36)12-2-3-15(22)14(7-12)21(23,24)25/h2-3,7,9-11,13,16,20H,4-6,8H2,1H3,(H2,26,27,28). The van der Waals surface area contributed by atoms with Gasteiger partial charge in [-0.25, -0.2) is 24.2 Å². The average molecular weight is 531 g/mol. The van der Waals surface area contributed by atoms with E-state index in [9.17, 15) is 17.6 Å². The van der Waals surface area contributed by atoms with E-state index in [4.69, 9.17) is 29.1 Å². The van der Waals surface area contributed by atoms with Gasteiger partial charge in [-0.2, -0.15) is 17.8 Å².